The Morgan fingerprint density at radius 1 is 1.04 bits per heavy atom. The first-order valence-corrected chi connectivity index (χ1v) is 9.11. The van der Waals surface area contributed by atoms with Crippen molar-refractivity contribution in [1.82, 2.24) is 4.90 Å². The lowest BCUT2D eigenvalue weighted by molar-refractivity contribution is -0.138. The lowest BCUT2D eigenvalue weighted by Gasteiger charge is -2.26. The number of rotatable bonds is 5. The molecule has 0 aromatic heterocycles. The van der Waals surface area contributed by atoms with Crippen LogP contribution < -0.4 is 5.32 Å². The molecule has 0 aliphatic carbocycles. The van der Waals surface area contributed by atoms with Gasteiger partial charge in [0, 0.05) is 23.7 Å². The van der Waals surface area contributed by atoms with E-state index in [1.165, 1.54) is 6.07 Å². The second-order valence-electron chi connectivity index (χ2n) is 6.08. The number of hydrogen-bond acceptors (Lipinski definition) is 5. The molecular weight excluding hydrogens is 384 g/mol. The molecule has 1 aliphatic heterocycles. The molecule has 7 nitrogen and oxygen atoms in total. The molecule has 28 heavy (non-hydrogen) atoms. The van der Waals surface area contributed by atoms with Crippen LogP contribution in [0.2, 0.25) is 5.02 Å². The smallest absolute Gasteiger partial charge is 0.340 e. The minimum absolute atomic E-state index is 0.166. The first-order chi connectivity index (χ1) is 13.5. The predicted molar refractivity (Wildman–Crippen MR) is 104 cm³/mol. The summed E-state index contributed by atoms with van der Waals surface area (Å²) < 4.78 is 10.3. The zero-order valence-corrected chi connectivity index (χ0v) is 15.8. The van der Waals surface area contributed by atoms with E-state index >= 15 is 0 Å². The maximum atomic E-state index is 12.4. The van der Waals surface area contributed by atoms with Crippen molar-refractivity contribution in [2.24, 2.45) is 0 Å². The quantitative estimate of drug-likeness (QED) is 0.777. The fourth-order valence-electron chi connectivity index (χ4n) is 2.67. The van der Waals surface area contributed by atoms with Crippen molar-refractivity contribution >= 4 is 35.1 Å². The molecule has 2 amide bonds. The van der Waals surface area contributed by atoms with Crippen LogP contribution in [0.4, 0.5) is 5.69 Å². The van der Waals surface area contributed by atoms with E-state index in [-0.39, 0.29) is 24.0 Å². The van der Waals surface area contributed by atoms with E-state index in [0.29, 0.717) is 42.6 Å². The minimum atomic E-state index is -0.686. The average Bonchev–Trinajstić information content (AvgIpc) is 2.73. The number of para-hydroxylation sites is 1. The van der Waals surface area contributed by atoms with Gasteiger partial charge < -0.3 is 19.7 Å². The van der Waals surface area contributed by atoms with Crippen molar-refractivity contribution in [1.29, 1.82) is 0 Å². The lowest BCUT2D eigenvalue weighted by atomic mass is 10.1. The van der Waals surface area contributed by atoms with Crippen molar-refractivity contribution in [3.63, 3.8) is 0 Å². The van der Waals surface area contributed by atoms with Crippen LogP contribution in [0.15, 0.2) is 48.5 Å². The Labute approximate surface area is 167 Å². The van der Waals surface area contributed by atoms with E-state index in [1.807, 2.05) is 0 Å². The number of hydrogen-bond donors (Lipinski definition) is 1. The van der Waals surface area contributed by atoms with E-state index < -0.39 is 5.97 Å². The van der Waals surface area contributed by atoms with Crippen LogP contribution in [-0.2, 0) is 14.3 Å². The number of nitrogens with zero attached hydrogens (tertiary/aromatic N) is 1. The summed E-state index contributed by atoms with van der Waals surface area (Å²) in [5.41, 5.74) is 0.862. The molecule has 0 radical (unpaired) electrons. The molecule has 0 spiro atoms. The molecule has 146 valence electrons. The largest absolute Gasteiger partial charge is 0.452 e. The van der Waals surface area contributed by atoms with Gasteiger partial charge in [0.05, 0.1) is 24.5 Å². The molecule has 1 N–H and O–H groups in total. The molecule has 2 aromatic carbocycles. The molecule has 3 rings (SSSR count). The maximum Gasteiger partial charge on any atom is 0.340 e. The number of amides is 2. The van der Waals surface area contributed by atoms with Gasteiger partial charge in [-0.05, 0) is 36.4 Å². The molecule has 8 heteroatoms. The first kappa shape index (κ1) is 19.9. The minimum Gasteiger partial charge on any atom is -0.452 e. The first-order valence-electron chi connectivity index (χ1n) is 8.73. The third-order valence-electron chi connectivity index (χ3n) is 4.19. The zero-order chi connectivity index (χ0) is 19.9. The summed E-state index contributed by atoms with van der Waals surface area (Å²) in [5, 5.41) is 3.20. The summed E-state index contributed by atoms with van der Waals surface area (Å²) in [4.78, 5) is 38.5. The van der Waals surface area contributed by atoms with E-state index in [2.05, 4.69) is 5.32 Å². The molecule has 1 heterocycles. The summed E-state index contributed by atoms with van der Waals surface area (Å²) >= 11 is 5.83. The molecule has 0 unspecified atom stereocenters. The second kappa shape index (κ2) is 9.34. The topological polar surface area (TPSA) is 84.9 Å². The van der Waals surface area contributed by atoms with Gasteiger partial charge in [0.25, 0.3) is 11.8 Å². The average molecular weight is 403 g/mol. The van der Waals surface area contributed by atoms with Crippen molar-refractivity contribution in [2.45, 2.75) is 0 Å². The summed E-state index contributed by atoms with van der Waals surface area (Å²) in [7, 11) is 0. The fraction of sp³-hybridized carbons (Fsp3) is 0.250. The van der Waals surface area contributed by atoms with Gasteiger partial charge in [-0.3, -0.25) is 9.59 Å². The predicted octanol–water partition coefficient (Wildman–Crippen LogP) is 2.61. The van der Waals surface area contributed by atoms with Gasteiger partial charge in [-0.1, -0.05) is 23.7 Å². The number of benzene rings is 2. The number of esters is 1. The second-order valence-corrected chi connectivity index (χ2v) is 6.51. The van der Waals surface area contributed by atoms with Gasteiger partial charge in [-0.25, -0.2) is 4.79 Å². The highest BCUT2D eigenvalue weighted by atomic mass is 35.5. The number of anilines is 1. The summed E-state index contributed by atoms with van der Waals surface area (Å²) in [6.45, 7) is 1.53. The maximum absolute atomic E-state index is 12.4. The van der Waals surface area contributed by atoms with Crippen LogP contribution in [0.1, 0.15) is 20.7 Å². The molecular formula is C20H19ClN2O5. The van der Waals surface area contributed by atoms with Crippen LogP contribution in [0.25, 0.3) is 0 Å². The summed E-state index contributed by atoms with van der Waals surface area (Å²) in [6.07, 6.45) is 0. The van der Waals surface area contributed by atoms with E-state index in [1.54, 1.807) is 47.4 Å². The number of morpholine rings is 1. The Morgan fingerprint density at radius 3 is 2.43 bits per heavy atom. The highest BCUT2D eigenvalue weighted by molar-refractivity contribution is 6.30. The molecule has 0 atom stereocenters. The van der Waals surface area contributed by atoms with Crippen LogP contribution in [0, 0.1) is 0 Å². The Hall–Kier alpha value is -2.90. The highest BCUT2D eigenvalue weighted by Gasteiger charge is 2.20. The van der Waals surface area contributed by atoms with Crippen LogP contribution in [0.3, 0.4) is 0 Å². The third-order valence-corrected chi connectivity index (χ3v) is 4.44. The Morgan fingerprint density at radius 2 is 1.71 bits per heavy atom. The summed E-state index contributed by atoms with van der Waals surface area (Å²) in [5.74, 6) is -1.35. The molecule has 0 saturated carbocycles. The van der Waals surface area contributed by atoms with E-state index in [0.717, 1.165) is 0 Å². The summed E-state index contributed by atoms with van der Waals surface area (Å²) in [6, 6.07) is 12.8. The van der Waals surface area contributed by atoms with Gasteiger partial charge in [0.2, 0.25) is 0 Å². The number of carbonyl (C=O) groups excluding carboxylic acids is 3. The molecule has 1 aliphatic rings. The zero-order valence-electron chi connectivity index (χ0n) is 15.0. The van der Waals surface area contributed by atoms with Gasteiger partial charge in [0.15, 0.2) is 6.61 Å². The van der Waals surface area contributed by atoms with Crippen molar-refractivity contribution < 1.29 is 23.9 Å². The number of nitrogens with one attached hydrogen (secondary N) is 1. The molecule has 1 fully saturated rings. The molecule has 0 bridgehead atoms. The fourth-order valence-corrected chi connectivity index (χ4v) is 2.80. The van der Waals surface area contributed by atoms with Crippen molar-refractivity contribution in [3.8, 4) is 0 Å². The standard InChI is InChI=1S/C20H19ClN2O5/c21-15-7-5-14(6-8-15)19(25)22-17-4-2-1-3-16(17)20(26)28-13-18(24)23-9-11-27-12-10-23/h1-8H,9-13H2,(H,22,25). The number of ether oxygens (including phenoxy) is 2. The van der Waals surface area contributed by atoms with Gasteiger partial charge in [0.1, 0.15) is 0 Å². The number of halogens is 1. The van der Waals surface area contributed by atoms with Crippen LogP contribution >= 0.6 is 11.6 Å². The lowest BCUT2D eigenvalue weighted by Crippen LogP contribution is -2.42. The monoisotopic (exact) mass is 402 g/mol. The molecule has 1 saturated heterocycles. The van der Waals surface area contributed by atoms with Crippen LogP contribution in [-0.4, -0.2) is 55.6 Å². The van der Waals surface area contributed by atoms with Crippen molar-refractivity contribution in [3.05, 3.63) is 64.7 Å². The molecule has 2 aromatic rings. The third kappa shape index (κ3) is 5.09. The Bertz CT molecular complexity index is 863. The van der Waals surface area contributed by atoms with Gasteiger partial charge in [-0.15, -0.1) is 0 Å². The van der Waals surface area contributed by atoms with E-state index in [4.69, 9.17) is 21.1 Å². The van der Waals surface area contributed by atoms with Crippen molar-refractivity contribution in [2.75, 3.05) is 38.2 Å². The van der Waals surface area contributed by atoms with E-state index in [9.17, 15) is 14.4 Å². The van der Waals surface area contributed by atoms with Gasteiger partial charge >= 0.3 is 5.97 Å². The Kier molecular flexibility index (Phi) is 6.62. The van der Waals surface area contributed by atoms with Crippen LogP contribution in [0.5, 0.6) is 0 Å². The Balaban J connectivity index is 1.63. The number of carbonyl (C=O) groups is 3. The van der Waals surface area contributed by atoms with Gasteiger partial charge in [-0.2, -0.15) is 0 Å². The highest BCUT2D eigenvalue weighted by Crippen LogP contribution is 2.18. The normalized spacial score (nSPS) is 13.7. The SMILES string of the molecule is O=C(Nc1ccccc1C(=O)OCC(=O)N1CCOCC1)c1ccc(Cl)cc1.